The Balaban J connectivity index is 2.09. The maximum Gasteiger partial charge on any atom is 0.124 e. The van der Waals surface area contributed by atoms with Crippen LogP contribution in [0.5, 0.6) is 5.75 Å². The van der Waals surface area contributed by atoms with Gasteiger partial charge in [0.25, 0.3) is 0 Å². The van der Waals surface area contributed by atoms with Gasteiger partial charge in [-0.3, -0.25) is 5.43 Å². The zero-order chi connectivity index (χ0) is 12.8. The summed E-state index contributed by atoms with van der Waals surface area (Å²) in [4.78, 5) is 0. The van der Waals surface area contributed by atoms with Crippen molar-refractivity contribution in [3.05, 3.63) is 59.7 Å². The van der Waals surface area contributed by atoms with Crippen LogP contribution in [0.4, 0.5) is 5.69 Å². The minimum Gasteiger partial charge on any atom is -0.507 e. The molecule has 18 heavy (non-hydrogen) atoms. The molecule has 0 saturated heterocycles. The molecule has 0 heterocycles. The van der Waals surface area contributed by atoms with Gasteiger partial charge in [0, 0.05) is 5.56 Å². The molecule has 0 saturated carbocycles. The Morgan fingerprint density at radius 2 is 1.94 bits per heavy atom. The third-order valence-corrected chi connectivity index (χ3v) is 2.67. The van der Waals surface area contributed by atoms with Gasteiger partial charge in [-0.15, -0.1) is 0 Å². The maximum atomic E-state index is 9.71. The second-order valence-corrected chi connectivity index (χ2v) is 3.98. The molecule has 0 unspecified atom stereocenters. The van der Waals surface area contributed by atoms with Gasteiger partial charge >= 0.3 is 0 Å². The van der Waals surface area contributed by atoms with E-state index in [9.17, 15) is 5.11 Å². The minimum absolute atomic E-state index is 0.241. The lowest BCUT2D eigenvalue weighted by Crippen LogP contribution is -1.92. The van der Waals surface area contributed by atoms with E-state index in [2.05, 4.69) is 17.5 Å². The fourth-order valence-electron chi connectivity index (χ4n) is 1.62. The van der Waals surface area contributed by atoms with Gasteiger partial charge in [0.2, 0.25) is 0 Å². The molecular weight excluding hydrogens is 224 g/mol. The molecule has 92 valence electrons. The van der Waals surface area contributed by atoms with Crippen LogP contribution in [0.1, 0.15) is 18.1 Å². The van der Waals surface area contributed by atoms with E-state index in [1.807, 2.05) is 42.5 Å². The van der Waals surface area contributed by atoms with Gasteiger partial charge in [0.05, 0.1) is 11.9 Å². The van der Waals surface area contributed by atoms with Crippen LogP contribution in [0.3, 0.4) is 0 Å². The van der Waals surface area contributed by atoms with Crippen molar-refractivity contribution < 1.29 is 5.11 Å². The molecule has 0 fully saturated rings. The molecule has 2 N–H and O–H groups in total. The highest BCUT2D eigenvalue weighted by Gasteiger charge is 1.99. The molecule has 2 aromatic rings. The Hall–Kier alpha value is -2.29. The predicted octanol–water partition coefficient (Wildman–Crippen LogP) is 3.40. The van der Waals surface area contributed by atoms with Crippen molar-refractivity contribution >= 4 is 11.9 Å². The normalized spacial score (nSPS) is 10.7. The Labute approximate surface area is 107 Å². The van der Waals surface area contributed by atoms with Crippen molar-refractivity contribution in [3.8, 4) is 5.75 Å². The number of anilines is 1. The van der Waals surface area contributed by atoms with Gasteiger partial charge in [-0.25, -0.2) is 0 Å². The fraction of sp³-hybridized carbons (Fsp3) is 0.133. The van der Waals surface area contributed by atoms with Crippen molar-refractivity contribution in [2.24, 2.45) is 5.10 Å². The van der Waals surface area contributed by atoms with E-state index in [1.54, 1.807) is 12.3 Å². The van der Waals surface area contributed by atoms with Crippen LogP contribution in [-0.2, 0) is 6.42 Å². The lowest BCUT2D eigenvalue weighted by atomic mass is 10.1. The molecule has 0 radical (unpaired) electrons. The number of benzene rings is 2. The summed E-state index contributed by atoms with van der Waals surface area (Å²) < 4.78 is 0. The Bertz CT molecular complexity index is 535. The van der Waals surface area contributed by atoms with Crippen molar-refractivity contribution in [1.29, 1.82) is 0 Å². The summed E-state index contributed by atoms with van der Waals surface area (Å²) in [6.45, 7) is 2.08. The van der Waals surface area contributed by atoms with Crippen LogP contribution in [0, 0.1) is 0 Å². The lowest BCUT2D eigenvalue weighted by molar-refractivity contribution is 0.474. The minimum atomic E-state index is 0.241. The van der Waals surface area contributed by atoms with Crippen LogP contribution in [-0.4, -0.2) is 11.3 Å². The maximum absolute atomic E-state index is 9.71. The van der Waals surface area contributed by atoms with Gasteiger partial charge < -0.3 is 5.11 Å². The molecule has 0 atom stereocenters. The molecule has 3 nitrogen and oxygen atoms in total. The summed E-state index contributed by atoms with van der Waals surface area (Å²) in [7, 11) is 0. The summed E-state index contributed by atoms with van der Waals surface area (Å²) >= 11 is 0. The van der Waals surface area contributed by atoms with E-state index in [0.717, 1.165) is 17.7 Å². The molecule has 0 amide bonds. The molecule has 0 aromatic heterocycles. The summed E-state index contributed by atoms with van der Waals surface area (Å²) in [5.41, 5.74) is 5.73. The number of aryl methyl sites for hydroxylation is 1. The number of nitrogens with zero attached hydrogens (tertiary/aromatic N) is 1. The Morgan fingerprint density at radius 1 is 1.17 bits per heavy atom. The Morgan fingerprint density at radius 3 is 2.67 bits per heavy atom. The van der Waals surface area contributed by atoms with Crippen LogP contribution in [0.25, 0.3) is 0 Å². The standard InChI is InChI=1S/C15H16N2O/c1-2-12-8-9-15(18)13(10-12)11-16-17-14-6-4-3-5-7-14/h3-11,17-18H,2H2,1H3. The molecule has 0 spiro atoms. The van der Waals surface area contributed by atoms with Gasteiger partial charge in [-0.05, 0) is 36.2 Å². The summed E-state index contributed by atoms with van der Waals surface area (Å²) in [5.74, 6) is 0.241. The topological polar surface area (TPSA) is 44.6 Å². The third-order valence-electron chi connectivity index (χ3n) is 2.67. The number of hydrogen-bond donors (Lipinski definition) is 2. The van der Waals surface area contributed by atoms with E-state index in [4.69, 9.17) is 0 Å². The highest BCUT2D eigenvalue weighted by Crippen LogP contribution is 2.17. The first kappa shape index (κ1) is 12.2. The van der Waals surface area contributed by atoms with E-state index in [-0.39, 0.29) is 5.75 Å². The quantitative estimate of drug-likeness (QED) is 0.635. The largest absolute Gasteiger partial charge is 0.507 e. The molecule has 2 aromatic carbocycles. The van der Waals surface area contributed by atoms with E-state index >= 15 is 0 Å². The number of para-hydroxylation sites is 1. The van der Waals surface area contributed by atoms with Gasteiger partial charge in [0.15, 0.2) is 0 Å². The monoisotopic (exact) mass is 240 g/mol. The van der Waals surface area contributed by atoms with E-state index in [1.165, 1.54) is 5.56 Å². The second-order valence-electron chi connectivity index (χ2n) is 3.98. The van der Waals surface area contributed by atoms with Gasteiger partial charge in [-0.2, -0.15) is 5.10 Å². The number of rotatable bonds is 4. The number of hydrogen-bond acceptors (Lipinski definition) is 3. The predicted molar refractivity (Wildman–Crippen MR) is 75.1 cm³/mol. The number of phenols is 1. The molecule has 0 bridgehead atoms. The molecule has 0 aliphatic heterocycles. The van der Waals surface area contributed by atoms with Crippen LogP contribution >= 0.6 is 0 Å². The molecular formula is C15H16N2O. The van der Waals surface area contributed by atoms with Gasteiger partial charge in [-0.1, -0.05) is 31.2 Å². The number of nitrogens with one attached hydrogen (secondary N) is 1. The number of phenolic OH excluding ortho intramolecular Hbond substituents is 1. The summed E-state index contributed by atoms with van der Waals surface area (Å²) in [6, 6.07) is 15.2. The average Bonchev–Trinajstić information content (AvgIpc) is 2.42. The van der Waals surface area contributed by atoms with E-state index in [0.29, 0.717) is 0 Å². The van der Waals surface area contributed by atoms with Crippen molar-refractivity contribution in [2.45, 2.75) is 13.3 Å². The summed E-state index contributed by atoms with van der Waals surface area (Å²) in [5, 5.41) is 13.8. The highest BCUT2D eigenvalue weighted by molar-refractivity contribution is 5.84. The third kappa shape index (κ3) is 3.10. The number of hydrazone groups is 1. The second kappa shape index (κ2) is 5.87. The molecule has 0 aliphatic rings. The Kier molecular flexibility index (Phi) is 3.97. The van der Waals surface area contributed by atoms with Crippen molar-refractivity contribution in [2.75, 3.05) is 5.43 Å². The lowest BCUT2D eigenvalue weighted by Gasteiger charge is -2.02. The SMILES string of the molecule is CCc1ccc(O)c(C=NNc2ccccc2)c1. The molecule has 2 rings (SSSR count). The first-order valence-electron chi connectivity index (χ1n) is 5.95. The first-order chi connectivity index (χ1) is 8.79. The zero-order valence-corrected chi connectivity index (χ0v) is 10.3. The molecule has 3 heteroatoms. The van der Waals surface area contributed by atoms with Crippen LogP contribution in [0.15, 0.2) is 53.6 Å². The number of aromatic hydroxyl groups is 1. The van der Waals surface area contributed by atoms with Crippen molar-refractivity contribution in [1.82, 2.24) is 0 Å². The molecule has 0 aliphatic carbocycles. The van der Waals surface area contributed by atoms with Crippen molar-refractivity contribution in [3.63, 3.8) is 0 Å². The van der Waals surface area contributed by atoms with Gasteiger partial charge in [0.1, 0.15) is 5.75 Å². The smallest absolute Gasteiger partial charge is 0.124 e. The van der Waals surface area contributed by atoms with Crippen LogP contribution < -0.4 is 5.43 Å². The first-order valence-corrected chi connectivity index (χ1v) is 5.95. The van der Waals surface area contributed by atoms with Crippen LogP contribution in [0.2, 0.25) is 0 Å². The highest BCUT2D eigenvalue weighted by atomic mass is 16.3. The average molecular weight is 240 g/mol. The zero-order valence-electron chi connectivity index (χ0n) is 10.3. The summed E-state index contributed by atoms with van der Waals surface area (Å²) in [6.07, 6.45) is 2.56. The fourth-order valence-corrected chi connectivity index (χ4v) is 1.62. The van der Waals surface area contributed by atoms with E-state index < -0.39 is 0 Å².